The highest BCUT2D eigenvalue weighted by atomic mass is 32.2. The van der Waals surface area contributed by atoms with E-state index in [1.54, 1.807) is 11.8 Å². The number of benzene rings is 1. The third-order valence-corrected chi connectivity index (χ3v) is 2.67. The van der Waals surface area contributed by atoms with Crippen molar-refractivity contribution in [2.75, 3.05) is 6.26 Å². The van der Waals surface area contributed by atoms with Crippen LogP contribution in [0.5, 0.6) is 0 Å². The average Bonchev–Trinajstić information content (AvgIpc) is 2.03. The summed E-state index contributed by atoms with van der Waals surface area (Å²) in [5.74, 6) is 0. The highest BCUT2D eigenvalue weighted by Gasteiger charge is 2.04. The van der Waals surface area contributed by atoms with Crippen LogP contribution in [0.2, 0.25) is 0 Å². The number of rotatable bonds is 2. The molecule has 0 saturated heterocycles. The van der Waals surface area contributed by atoms with Gasteiger partial charge in [-0.3, -0.25) is 0 Å². The van der Waals surface area contributed by atoms with E-state index in [2.05, 4.69) is 31.4 Å². The van der Waals surface area contributed by atoms with Crippen molar-refractivity contribution in [3.05, 3.63) is 29.3 Å². The fourth-order valence-electron chi connectivity index (χ4n) is 1.19. The van der Waals surface area contributed by atoms with E-state index in [0.29, 0.717) is 0 Å². The molecule has 1 aromatic rings. The molecular formula is C10H15NS. The van der Waals surface area contributed by atoms with E-state index < -0.39 is 0 Å². The molecule has 0 radical (unpaired) electrons. The third kappa shape index (κ3) is 2.02. The van der Waals surface area contributed by atoms with Crippen molar-refractivity contribution in [1.82, 2.24) is 0 Å². The molecule has 0 heterocycles. The maximum atomic E-state index is 5.83. The Labute approximate surface area is 78.4 Å². The maximum absolute atomic E-state index is 5.83. The molecule has 2 heteroatoms. The van der Waals surface area contributed by atoms with E-state index in [1.807, 2.05) is 6.92 Å². The quantitative estimate of drug-likeness (QED) is 0.710. The van der Waals surface area contributed by atoms with Gasteiger partial charge in [0.2, 0.25) is 0 Å². The SMILES string of the molecule is CSc1cc(C)ccc1C(C)N. The molecular weight excluding hydrogens is 166 g/mol. The minimum atomic E-state index is 0.132. The molecule has 0 amide bonds. The monoisotopic (exact) mass is 181 g/mol. The number of hydrogen-bond acceptors (Lipinski definition) is 2. The molecule has 1 nitrogen and oxygen atoms in total. The van der Waals surface area contributed by atoms with Gasteiger partial charge in [-0.2, -0.15) is 0 Å². The molecule has 1 unspecified atom stereocenters. The Morgan fingerprint density at radius 2 is 2.08 bits per heavy atom. The molecule has 0 aliphatic rings. The number of aryl methyl sites for hydroxylation is 1. The first kappa shape index (κ1) is 9.62. The van der Waals surface area contributed by atoms with E-state index >= 15 is 0 Å². The largest absolute Gasteiger partial charge is 0.324 e. The van der Waals surface area contributed by atoms with Gasteiger partial charge < -0.3 is 5.73 Å². The predicted molar refractivity (Wildman–Crippen MR) is 55.6 cm³/mol. The number of thioether (sulfide) groups is 1. The second-order valence-corrected chi connectivity index (χ2v) is 3.88. The topological polar surface area (TPSA) is 26.0 Å². The summed E-state index contributed by atoms with van der Waals surface area (Å²) in [5.41, 5.74) is 8.37. The molecule has 66 valence electrons. The van der Waals surface area contributed by atoms with Gasteiger partial charge in [0.1, 0.15) is 0 Å². The van der Waals surface area contributed by atoms with Gasteiger partial charge >= 0.3 is 0 Å². The molecule has 2 N–H and O–H groups in total. The normalized spacial score (nSPS) is 13.0. The average molecular weight is 181 g/mol. The van der Waals surface area contributed by atoms with Crippen LogP contribution >= 0.6 is 11.8 Å². The Balaban J connectivity index is 3.11. The van der Waals surface area contributed by atoms with Crippen molar-refractivity contribution in [2.45, 2.75) is 24.8 Å². The Morgan fingerprint density at radius 3 is 2.58 bits per heavy atom. The zero-order valence-corrected chi connectivity index (χ0v) is 8.61. The lowest BCUT2D eigenvalue weighted by atomic mass is 10.1. The third-order valence-electron chi connectivity index (χ3n) is 1.88. The van der Waals surface area contributed by atoms with Crippen molar-refractivity contribution in [3.8, 4) is 0 Å². The van der Waals surface area contributed by atoms with Crippen LogP contribution < -0.4 is 5.73 Å². The van der Waals surface area contributed by atoms with Crippen LogP contribution in [0.1, 0.15) is 24.1 Å². The van der Waals surface area contributed by atoms with E-state index in [1.165, 1.54) is 16.0 Å². The van der Waals surface area contributed by atoms with Crippen molar-refractivity contribution in [1.29, 1.82) is 0 Å². The summed E-state index contributed by atoms with van der Waals surface area (Å²) in [7, 11) is 0. The van der Waals surface area contributed by atoms with Crippen molar-refractivity contribution < 1.29 is 0 Å². The van der Waals surface area contributed by atoms with Crippen molar-refractivity contribution in [2.24, 2.45) is 5.73 Å². The van der Waals surface area contributed by atoms with Gasteiger partial charge in [-0.25, -0.2) is 0 Å². The first-order chi connectivity index (χ1) is 5.65. The maximum Gasteiger partial charge on any atom is 0.0277 e. The van der Waals surface area contributed by atoms with Gasteiger partial charge in [-0.05, 0) is 37.3 Å². The molecule has 0 fully saturated rings. The predicted octanol–water partition coefficient (Wildman–Crippen LogP) is 2.74. The van der Waals surface area contributed by atoms with Crippen molar-refractivity contribution in [3.63, 3.8) is 0 Å². The Bertz CT molecular complexity index is 269. The molecule has 0 spiro atoms. The molecule has 0 bridgehead atoms. The standard InChI is InChI=1S/C10H15NS/c1-7-4-5-9(8(2)11)10(6-7)12-3/h4-6,8H,11H2,1-3H3. The summed E-state index contributed by atoms with van der Waals surface area (Å²) >= 11 is 1.76. The summed E-state index contributed by atoms with van der Waals surface area (Å²) in [6.07, 6.45) is 2.08. The summed E-state index contributed by atoms with van der Waals surface area (Å²) in [4.78, 5) is 1.30. The zero-order valence-electron chi connectivity index (χ0n) is 7.79. The minimum Gasteiger partial charge on any atom is -0.324 e. The fraction of sp³-hybridized carbons (Fsp3) is 0.400. The summed E-state index contributed by atoms with van der Waals surface area (Å²) in [6, 6.07) is 6.54. The highest BCUT2D eigenvalue weighted by molar-refractivity contribution is 7.98. The molecule has 12 heavy (non-hydrogen) atoms. The lowest BCUT2D eigenvalue weighted by Gasteiger charge is -2.11. The lowest BCUT2D eigenvalue weighted by Crippen LogP contribution is -2.06. The molecule has 1 rings (SSSR count). The second kappa shape index (κ2) is 3.97. The summed E-state index contributed by atoms with van der Waals surface area (Å²) in [6.45, 7) is 4.12. The van der Waals surface area contributed by atoms with Crippen LogP contribution in [0, 0.1) is 6.92 Å². The van der Waals surface area contributed by atoms with Crippen molar-refractivity contribution >= 4 is 11.8 Å². The zero-order chi connectivity index (χ0) is 9.14. The highest BCUT2D eigenvalue weighted by Crippen LogP contribution is 2.25. The van der Waals surface area contributed by atoms with Crippen LogP contribution in [-0.2, 0) is 0 Å². The summed E-state index contributed by atoms with van der Waals surface area (Å²) < 4.78 is 0. The van der Waals surface area contributed by atoms with Gasteiger partial charge in [0.05, 0.1) is 0 Å². The first-order valence-corrected chi connectivity index (χ1v) is 5.27. The van der Waals surface area contributed by atoms with E-state index in [-0.39, 0.29) is 6.04 Å². The lowest BCUT2D eigenvalue weighted by molar-refractivity contribution is 0.797. The molecule has 1 aromatic carbocycles. The van der Waals surface area contributed by atoms with Gasteiger partial charge in [-0.15, -0.1) is 11.8 Å². The molecule has 0 aromatic heterocycles. The van der Waals surface area contributed by atoms with Crippen LogP contribution in [-0.4, -0.2) is 6.26 Å². The van der Waals surface area contributed by atoms with Gasteiger partial charge in [0, 0.05) is 10.9 Å². The minimum absolute atomic E-state index is 0.132. The summed E-state index contributed by atoms with van der Waals surface area (Å²) in [5, 5.41) is 0. The van der Waals surface area contributed by atoms with Crippen LogP contribution in [0.4, 0.5) is 0 Å². The van der Waals surface area contributed by atoms with E-state index in [9.17, 15) is 0 Å². The van der Waals surface area contributed by atoms with E-state index in [4.69, 9.17) is 5.73 Å². The van der Waals surface area contributed by atoms with Crippen LogP contribution in [0.15, 0.2) is 23.1 Å². The fourth-order valence-corrected chi connectivity index (χ4v) is 1.99. The molecule has 1 atom stereocenters. The first-order valence-electron chi connectivity index (χ1n) is 4.05. The van der Waals surface area contributed by atoms with Gasteiger partial charge in [-0.1, -0.05) is 12.1 Å². The van der Waals surface area contributed by atoms with Crippen LogP contribution in [0.25, 0.3) is 0 Å². The van der Waals surface area contributed by atoms with E-state index in [0.717, 1.165) is 0 Å². The molecule has 0 aliphatic heterocycles. The smallest absolute Gasteiger partial charge is 0.0277 e. The van der Waals surface area contributed by atoms with Crippen LogP contribution in [0.3, 0.4) is 0 Å². The molecule has 0 saturated carbocycles. The number of hydrogen-bond donors (Lipinski definition) is 1. The number of nitrogens with two attached hydrogens (primary N) is 1. The Kier molecular flexibility index (Phi) is 3.18. The second-order valence-electron chi connectivity index (χ2n) is 3.03. The molecule has 0 aliphatic carbocycles. The Morgan fingerprint density at radius 1 is 1.42 bits per heavy atom. The van der Waals surface area contributed by atoms with Gasteiger partial charge in [0.25, 0.3) is 0 Å². The van der Waals surface area contributed by atoms with Gasteiger partial charge in [0.15, 0.2) is 0 Å². The Hall–Kier alpha value is -0.470.